The van der Waals surface area contributed by atoms with Gasteiger partial charge in [0.15, 0.2) is 6.29 Å². The van der Waals surface area contributed by atoms with Crippen LogP contribution in [-0.4, -0.2) is 86.8 Å². The highest BCUT2D eigenvalue weighted by molar-refractivity contribution is 5.31. The summed E-state index contributed by atoms with van der Waals surface area (Å²) in [5, 5.41) is 55.8. The van der Waals surface area contributed by atoms with Crippen LogP contribution in [0.1, 0.15) is 79.1 Å². The van der Waals surface area contributed by atoms with Crippen molar-refractivity contribution in [2.75, 3.05) is 7.11 Å². The van der Waals surface area contributed by atoms with Gasteiger partial charge in [0, 0.05) is 13.5 Å². The standard InChI is InChI=1S/C28H46O8/c1-15-24(31)21(34-5)14-23(35-15)36-18-8-9-25(3)17(12-18)6-7-19-20(25)13-22(30)26(4)27(32,16(2)29)10-11-28(19,26)33/h6,15-16,18-24,29-33H,7-14H2,1-5H3/t15-,16+,18+,19-,20+,21-,22-,23+,24-,25+,26-,27-,28+/m1/s1. The third kappa shape index (κ3) is 3.55. The molecule has 8 nitrogen and oxygen atoms in total. The van der Waals surface area contributed by atoms with Gasteiger partial charge in [-0.15, -0.1) is 0 Å². The summed E-state index contributed by atoms with van der Waals surface area (Å²) in [5.74, 6) is -0.00165. The van der Waals surface area contributed by atoms with Crippen LogP contribution in [0.25, 0.3) is 0 Å². The van der Waals surface area contributed by atoms with E-state index in [4.69, 9.17) is 14.2 Å². The molecular formula is C28H46O8. The predicted molar refractivity (Wildman–Crippen MR) is 132 cm³/mol. The Morgan fingerprint density at radius 3 is 2.47 bits per heavy atom. The van der Waals surface area contributed by atoms with E-state index >= 15 is 0 Å². The highest BCUT2D eigenvalue weighted by atomic mass is 16.7. The number of fused-ring (bicyclic) bond motifs is 5. The molecule has 4 fully saturated rings. The van der Waals surface area contributed by atoms with Crippen molar-refractivity contribution in [2.45, 2.75) is 133 Å². The van der Waals surface area contributed by atoms with Crippen molar-refractivity contribution in [3.05, 3.63) is 11.6 Å². The van der Waals surface area contributed by atoms with Crippen molar-refractivity contribution in [3.63, 3.8) is 0 Å². The summed E-state index contributed by atoms with van der Waals surface area (Å²) >= 11 is 0. The van der Waals surface area contributed by atoms with Gasteiger partial charge in [0.25, 0.3) is 0 Å². The molecule has 5 rings (SSSR count). The first-order valence-electron chi connectivity index (χ1n) is 13.8. The molecule has 0 aromatic carbocycles. The van der Waals surface area contributed by atoms with Gasteiger partial charge in [-0.3, -0.25) is 0 Å². The molecule has 8 heteroatoms. The second kappa shape index (κ2) is 8.98. The SMILES string of the molecule is CO[C@@H]1C[C@H](O[C@H]2CC[C@@]3(C)C(=CC[C@@H]4[C@@H]3C[C@@H](O)[C@]3(C)[C@](O)([C@H](C)O)CC[C@]43O)C2)O[C@H](C)[C@H]1O. The number of allylic oxidation sites excluding steroid dienone is 1. The normalized spacial score (nSPS) is 55.8. The van der Waals surface area contributed by atoms with Crippen LogP contribution in [-0.2, 0) is 14.2 Å². The van der Waals surface area contributed by atoms with Crippen molar-refractivity contribution < 1.29 is 39.7 Å². The third-order valence-corrected chi connectivity index (χ3v) is 11.5. The Labute approximate surface area is 214 Å². The van der Waals surface area contributed by atoms with Crippen LogP contribution in [0, 0.1) is 22.7 Å². The zero-order chi connectivity index (χ0) is 26.3. The van der Waals surface area contributed by atoms with Gasteiger partial charge in [-0.05, 0) is 76.0 Å². The number of hydrogen-bond donors (Lipinski definition) is 5. The smallest absolute Gasteiger partial charge is 0.161 e. The minimum Gasteiger partial charge on any atom is -0.392 e. The van der Waals surface area contributed by atoms with Gasteiger partial charge in [0.2, 0.25) is 0 Å². The fourth-order valence-corrected chi connectivity index (χ4v) is 8.97. The lowest BCUT2D eigenvalue weighted by molar-refractivity contribution is -0.277. The average molecular weight is 511 g/mol. The topological polar surface area (TPSA) is 129 Å². The van der Waals surface area contributed by atoms with Crippen LogP contribution >= 0.6 is 0 Å². The van der Waals surface area contributed by atoms with Crippen molar-refractivity contribution in [3.8, 4) is 0 Å². The summed E-state index contributed by atoms with van der Waals surface area (Å²) in [5.41, 5.74) is -2.81. The Balaban J connectivity index is 1.35. The van der Waals surface area contributed by atoms with Gasteiger partial charge < -0.3 is 39.7 Å². The Kier molecular flexibility index (Phi) is 6.74. The van der Waals surface area contributed by atoms with Gasteiger partial charge in [0.05, 0.1) is 41.5 Å². The number of methoxy groups -OCH3 is 1. The lowest BCUT2D eigenvalue weighted by Crippen LogP contribution is -2.71. The summed E-state index contributed by atoms with van der Waals surface area (Å²) in [6.07, 6.45) is 3.37. The van der Waals surface area contributed by atoms with Gasteiger partial charge in [0.1, 0.15) is 11.7 Å². The van der Waals surface area contributed by atoms with Crippen LogP contribution in [0.2, 0.25) is 0 Å². The minimum absolute atomic E-state index is 0.000462. The highest BCUT2D eigenvalue weighted by Gasteiger charge is 2.75. The number of rotatable bonds is 4. The second-order valence-corrected chi connectivity index (χ2v) is 12.8. The van der Waals surface area contributed by atoms with E-state index in [2.05, 4.69) is 13.0 Å². The molecule has 1 aliphatic heterocycles. The molecular weight excluding hydrogens is 464 g/mol. The molecule has 13 atom stereocenters. The lowest BCUT2D eigenvalue weighted by atomic mass is 9.44. The van der Waals surface area contributed by atoms with E-state index in [0.717, 1.165) is 19.3 Å². The molecule has 0 aromatic heterocycles. The Morgan fingerprint density at radius 2 is 1.81 bits per heavy atom. The van der Waals surface area contributed by atoms with Crippen LogP contribution < -0.4 is 0 Å². The van der Waals surface area contributed by atoms with Crippen LogP contribution in [0.5, 0.6) is 0 Å². The maximum absolute atomic E-state index is 12.2. The molecule has 3 saturated carbocycles. The van der Waals surface area contributed by atoms with Crippen molar-refractivity contribution in [1.29, 1.82) is 0 Å². The van der Waals surface area contributed by atoms with E-state index in [1.807, 2.05) is 6.92 Å². The Bertz CT molecular complexity index is 878. The number of aliphatic hydroxyl groups is 5. The van der Waals surface area contributed by atoms with Crippen molar-refractivity contribution in [1.82, 2.24) is 0 Å². The zero-order valence-corrected chi connectivity index (χ0v) is 22.4. The number of aliphatic hydroxyl groups excluding tert-OH is 3. The maximum Gasteiger partial charge on any atom is 0.161 e. The quantitative estimate of drug-likeness (QED) is 0.364. The summed E-state index contributed by atoms with van der Waals surface area (Å²) in [7, 11) is 1.60. The monoisotopic (exact) mass is 510 g/mol. The lowest BCUT2D eigenvalue weighted by Gasteiger charge is -2.64. The molecule has 36 heavy (non-hydrogen) atoms. The van der Waals surface area contributed by atoms with Crippen molar-refractivity contribution in [2.24, 2.45) is 22.7 Å². The molecule has 0 amide bonds. The molecule has 4 aliphatic carbocycles. The van der Waals surface area contributed by atoms with Gasteiger partial charge in [-0.25, -0.2) is 0 Å². The highest BCUT2D eigenvalue weighted by Crippen LogP contribution is 2.69. The molecule has 1 saturated heterocycles. The van der Waals surface area contributed by atoms with Crippen LogP contribution in [0.3, 0.4) is 0 Å². The summed E-state index contributed by atoms with van der Waals surface area (Å²) in [6.45, 7) is 7.43. The van der Waals surface area contributed by atoms with E-state index in [9.17, 15) is 25.5 Å². The average Bonchev–Trinajstić information content (AvgIpc) is 3.06. The summed E-state index contributed by atoms with van der Waals surface area (Å²) < 4.78 is 17.7. The molecule has 5 N–H and O–H groups in total. The largest absolute Gasteiger partial charge is 0.392 e. The molecule has 0 bridgehead atoms. The predicted octanol–water partition coefficient (Wildman–Crippen LogP) is 2.04. The molecule has 1 heterocycles. The molecule has 206 valence electrons. The van der Waals surface area contributed by atoms with Crippen molar-refractivity contribution >= 4 is 0 Å². The van der Waals surface area contributed by atoms with E-state index < -0.39 is 41.2 Å². The van der Waals surface area contributed by atoms with Gasteiger partial charge in [-0.1, -0.05) is 25.5 Å². The number of hydrogen-bond acceptors (Lipinski definition) is 8. The summed E-state index contributed by atoms with van der Waals surface area (Å²) in [6, 6.07) is 0. The molecule has 0 aromatic rings. The van der Waals surface area contributed by atoms with Crippen LogP contribution in [0.4, 0.5) is 0 Å². The van der Waals surface area contributed by atoms with Gasteiger partial charge in [-0.2, -0.15) is 0 Å². The van der Waals surface area contributed by atoms with Gasteiger partial charge >= 0.3 is 0 Å². The van der Waals surface area contributed by atoms with E-state index in [0.29, 0.717) is 25.7 Å². The van der Waals surface area contributed by atoms with E-state index in [-0.39, 0.29) is 42.0 Å². The van der Waals surface area contributed by atoms with E-state index in [1.165, 1.54) is 5.57 Å². The Hall–Kier alpha value is -0.580. The first kappa shape index (κ1) is 27.0. The first-order chi connectivity index (χ1) is 16.8. The maximum atomic E-state index is 12.2. The Morgan fingerprint density at radius 1 is 1.08 bits per heavy atom. The fourth-order valence-electron chi connectivity index (χ4n) is 8.97. The minimum atomic E-state index is -1.52. The molecule has 0 unspecified atom stereocenters. The number of ether oxygens (including phenoxy) is 3. The van der Waals surface area contributed by atoms with E-state index in [1.54, 1.807) is 21.0 Å². The fraction of sp³-hybridized carbons (Fsp3) is 0.929. The third-order valence-electron chi connectivity index (χ3n) is 11.5. The second-order valence-electron chi connectivity index (χ2n) is 12.8. The first-order valence-corrected chi connectivity index (χ1v) is 13.8. The van der Waals surface area contributed by atoms with Crippen LogP contribution in [0.15, 0.2) is 11.6 Å². The molecule has 0 radical (unpaired) electrons. The summed E-state index contributed by atoms with van der Waals surface area (Å²) in [4.78, 5) is 0. The zero-order valence-electron chi connectivity index (χ0n) is 22.4. The molecule has 0 spiro atoms. The molecule has 5 aliphatic rings.